The van der Waals surface area contributed by atoms with E-state index in [2.05, 4.69) is 27.0 Å². The Hall–Kier alpha value is -3.57. The lowest BCUT2D eigenvalue weighted by Crippen LogP contribution is -2.33. The summed E-state index contributed by atoms with van der Waals surface area (Å²) in [4.78, 5) is 29.5. The minimum absolute atomic E-state index is 0.0336. The number of carbonyl (C=O) groups is 2. The molecule has 32 heavy (non-hydrogen) atoms. The van der Waals surface area contributed by atoms with Gasteiger partial charge in [-0.25, -0.2) is 0 Å². The predicted molar refractivity (Wildman–Crippen MR) is 126 cm³/mol. The first kappa shape index (κ1) is 23.1. The van der Waals surface area contributed by atoms with Gasteiger partial charge in [-0.15, -0.1) is 0 Å². The summed E-state index contributed by atoms with van der Waals surface area (Å²) < 4.78 is 0. The highest BCUT2D eigenvalue weighted by Gasteiger charge is 2.34. The van der Waals surface area contributed by atoms with E-state index in [0.717, 1.165) is 5.56 Å². The number of aromatic nitrogens is 1. The van der Waals surface area contributed by atoms with Gasteiger partial charge in [0.25, 0.3) is 5.91 Å². The molecule has 1 aromatic heterocycles. The number of carbonyl (C=O) groups excluding carboxylic acids is 2. The van der Waals surface area contributed by atoms with Crippen molar-refractivity contribution < 1.29 is 9.59 Å². The first-order valence-electron chi connectivity index (χ1n) is 10.2. The first-order valence-corrected chi connectivity index (χ1v) is 11.2. The molecule has 0 saturated carbocycles. The highest BCUT2D eigenvalue weighted by molar-refractivity contribution is 8.03. The summed E-state index contributed by atoms with van der Waals surface area (Å²) in [5.41, 5.74) is 2.92. The summed E-state index contributed by atoms with van der Waals surface area (Å²) in [6.07, 6.45) is 3.27. The zero-order chi connectivity index (χ0) is 23.1. The number of allylic oxidation sites excluding steroid dienone is 2. The van der Waals surface area contributed by atoms with Crippen molar-refractivity contribution in [2.24, 2.45) is 0 Å². The monoisotopic (exact) mass is 447 g/mol. The first-order chi connectivity index (χ1) is 15.4. The van der Waals surface area contributed by atoms with Crippen molar-refractivity contribution in [2.45, 2.75) is 32.7 Å². The summed E-state index contributed by atoms with van der Waals surface area (Å²) in [6.45, 7) is 5.59. The molecule has 3 N–H and O–H groups in total. The third kappa shape index (κ3) is 5.56. The molecule has 0 spiro atoms. The number of amides is 2. The largest absolute Gasteiger partial charge is 0.353 e. The zero-order valence-corrected chi connectivity index (χ0v) is 19.0. The molecule has 0 saturated heterocycles. The maximum absolute atomic E-state index is 13.3. The van der Waals surface area contributed by atoms with Crippen LogP contribution in [0, 0.1) is 11.3 Å². The van der Waals surface area contributed by atoms with Gasteiger partial charge in [-0.2, -0.15) is 5.26 Å². The number of rotatable bonds is 7. The predicted octanol–water partition coefficient (Wildman–Crippen LogP) is 3.67. The summed E-state index contributed by atoms with van der Waals surface area (Å²) in [5, 5.41) is 19.6. The Balaban J connectivity index is 1.96. The van der Waals surface area contributed by atoms with E-state index >= 15 is 0 Å². The average Bonchev–Trinajstić information content (AvgIpc) is 2.77. The minimum Gasteiger partial charge on any atom is -0.353 e. The maximum Gasteiger partial charge on any atom is 0.254 e. The Morgan fingerprint density at radius 3 is 2.50 bits per heavy atom. The topological polar surface area (TPSA) is 107 Å². The second-order valence-electron chi connectivity index (χ2n) is 7.56. The van der Waals surface area contributed by atoms with Crippen LogP contribution in [0.15, 0.2) is 76.7 Å². The number of para-hydroxylation sites is 1. The van der Waals surface area contributed by atoms with Crippen LogP contribution < -0.4 is 16.0 Å². The van der Waals surface area contributed by atoms with Gasteiger partial charge >= 0.3 is 0 Å². The number of nitrogens with one attached hydrogen (secondary N) is 3. The van der Waals surface area contributed by atoms with Crippen LogP contribution in [-0.4, -0.2) is 28.6 Å². The summed E-state index contributed by atoms with van der Waals surface area (Å²) in [5.74, 6) is -0.833. The van der Waals surface area contributed by atoms with Gasteiger partial charge in [0.2, 0.25) is 5.91 Å². The molecular formula is C24H25N5O2S. The molecule has 2 amide bonds. The van der Waals surface area contributed by atoms with Crippen LogP contribution in [0.3, 0.4) is 0 Å². The van der Waals surface area contributed by atoms with E-state index in [1.807, 2.05) is 32.0 Å². The van der Waals surface area contributed by atoms with Crippen molar-refractivity contribution in [3.05, 3.63) is 82.3 Å². The van der Waals surface area contributed by atoms with Gasteiger partial charge < -0.3 is 16.0 Å². The molecule has 1 aliphatic heterocycles. The van der Waals surface area contributed by atoms with Crippen molar-refractivity contribution >= 4 is 29.3 Å². The van der Waals surface area contributed by atoms with Gasteiger partial charge in [0.15, 0.2) is 0 Å². The fourth-order valence-corrected chi connectivity index (χ4v) is 4.34. The highest BCUT2D eigenvalue weighted by atomic mass is 32.2. The third-order valence-corrected chi connectivity index (χ3v) is 5.78. The van der Waals surface area contributed by atoms with Gasteiger partial charge in [0, 0.05) is 35.4 Å². The molecule has 0 radical (unpaired) electrons. The van der Waals surface area contributed by atoms with Gasteiger partial charge in [-0.05, 0) is 50.6 Å². The van der Waals surface area contributed by atoms with Crippen molar-refractivity contribution in [3.63, 3.8) is 0 Å². The molecule has 2 heterocycles. The molecule has 0 fully saturated rings. The van der Waals surface area contributed by atoms with Crippen LogP contribution in [-0.2, 0) is 9.59 Å². The Bertz CT molecular complexity index is 1090. The van der Waals surface area contributed by atoms with E-state index in [9.17, 15) is 14.9 Å². The number of hydrogen-bond donors (Lipinski definition) is 3. The fourth-order valence-electron chi connectivity index (χ4n) is 3.44. The second-order valence-corrected chi connectivity index (χ2v) is 8.55. The molecule has 1 aliphatic rings. The Morgan fingerprint density at radius 2 is 1.88 bits per heavy atom. The molecule has 164 valence electrons. The molecule has 7 nitrogen and oxygen atoms in total. The number of anilines is 1. The second kappa shape index (κ2) is 10.6. The van der Waals surface area contributed by atoms with Crippen molar-refractivity contribution in [3.8, 4) is 6.07 Å². The number of nitriles is 1. The van der Waals surface area contributed by atoms with Gasteiger partial charge in [-0.1, -0.05) is 30.0 Å². The smallest absolute Gasteiger partial charge is 0.254 e. The maximum atomic E-state index is 13.3. The van der Waals surface area contributed by atoms with Crippen LogP contribution in [0.4, 0.5) is 5.69 Å². The quantitative estimate of drug-likeness (QED) is 0.598. The third-order valence-electron chi connectivity index (χ3n) is 4.76. The Labute approximate surface area is 192 Å². The van der Waals surface area contributed by atoms with E-state index < -0.39 is 5.92 Å². The van der Waals surface area contributed by atoms with E-state index in [0.29, 0.717) is 27.6 Å². The fraction of sp³-hybridized carbons (Fsp3) is 0.250. The van der Waals surface area contributed by atoms with Crippen molar-refractivity contribution in [2.75, 3.05) is 11.1 Å². The Morgan fingerprint density at radius 1 is 1.19 bits per heavy atom. The molecule has 0 unspecified atom stereocenters. The molecule has 1 aromatic carbocycles. The van der Waals surface area contributed by atoms with Crippen LogP contribution in [0.25, 0.3) is 0 Å². The molecule has 2 aromatic rings. The zero-order valence-electron chi connectivity index (χ0n) is 18.2. The molecule has 0 bridgehead atoms. The molecule has 1 atom stereocenters. The van der Waals surface area contributed by atoms with Crippen LogP contribution >= 0.6 is 11.8 Å². The lowest BCUT2D eigenvalue weighted by molar-refractivity contribution is -0.119. The number of pyridine rings is 1. The average molecular weight is 448 g/mol. The van der Waals surface area contributed by atoms with Gasteiger partial charge in [0.05, 0.1) is 28.3 Å². The van der Waals surface area contributed by atoms with Crippen molar-refractivity contribution in [1.82, 2.24) is 15.6 Å². The lowest BCUT2D eigenvalue weighted by Gasteiger charge is -2.29. The number of nitrogens with zero attached hydrogens (tertiary/aromatic N) is 2. The van der Waals surface area contributed by atoms with E-state index in [4.69, 9.17) is 0 Å². The molecule has 8 heteroatoms. The number of benzene rings is 1. The van der Waals surface area contributed by atoms with Crippen LogP contribution in [0.5, 0.6) is 0 Å². The van der Waals surface area contributed by atoms with Gasteiger partial charge in [0.1, 0.15) is 0 Å². The summed E-state index contributed by atoms with van der Waals surface area (Å²) >= 11 is 1.25. The van der Waals surface area contributed by atoms with Crippen molar-refractivity contribution in [1.29, 1.82) is 5.26 Å². The molecule has 0 aliphatic carbocycles. The lowest BCUT2D eigenvalue weighted by atomic mass is 9.82. The molecular weight excluding hydrogens is 422 g/mol. The standard InChI is InChI=1S/C24H25N5O2S/c1-15(2)27-20(30)14-32-24-19(13-25)22(17-9-11-26-12-10-17)21(16(3)28-24)23(31)29-18-7-5-4-6-8-18/h4-12,15,22,28H,14H2,1-3H3,(H,27,30)(H,29,31)/t22-/m1/s1. The van der Waals surface area contributed by atoms with E-state index in [1.165, 1.54) is 11.8 Å². The number of dihydropyridines is 1. The van der Waals surface area contributed by atoms with E-state index in [-0.39, 0.29) is 23.6 Å². The van der Waals surface area contributed by atoms with Crippen LogP contribution in [0.1, 0.15) is 32.3 Å². The Kier molecular flexibility index (Phi) is 7.68. The normalized spacial score (nSPS) is 15.8. The highest BCUT2D eigenvalue weighted by Crippen LogP contribution is 2.40. The van der Waals surface area contributed by atoms with Crippen LogP contribution in [0.2, 0.25) is 0 Å². The summed E-state index contributed by atoms with van der Waals surface area (Å²) in [6, 6.07) is 15.1. The van der Waals surface area contributed by atoms with Gasteiger partial charge in [-0.3, -0.25) is 14.6 Å². The van der Waals surface area contributed by atoms with E-state index in [1.54, 1.807) is 43.6 Å². The SMILES string of the molecule is CC1=C(C(=O)Nc2ccccc2)[C@H](c2ccncc2)C(C#N)=C(SCC(=O)NC(C)C)N1. The molecule has 3 rings (SSSR count). The minimum atomic E-state index is -0.580. The summed E-state index contributed by atoms with van der Waals surface area (Å²) in [7, 11) is 0. The number of hydrogen-bond acceptors (Lipinski definition) is 6. The number of thioether (sulfide) groups is 1.